The fraction of sp³-hybridized carbons (Fsp3) is 0.562. The van der Waals surface area contributed by atoms with Crippen molar-refractivity contribution in [3.8, 4) is 5.75 Å². The maximum Gasteiger partial charge on any atom is 0.347 e. The molecule has 24 heavy (non-hydrogen) atoms. The first-order valence-electron chi connectivity index (χ1n) is 8.19. The van der Waals surface area contributed by atoms with Crippen LogP contribution >= 0.6 is 0 Å². The molecular weight excluding hydrogens is 332 g/mol. The lowest BCUT2D eigenvalue weighted by molar-refractivity contribution is -0.150. The third kappa shape index (κ3) is 3.71. The van der Waals surface area contributed by atoms with Crippen molar-refractivity contribution in [3.63, 3.8) is 0 Å². The highest BCUT2D eigenvalue weighted by Crippen LogP contribution is 2.31. The summed E-state index contributed by atoms with van der Waals surface area (Å²) in [4.78, 5) is 12.0. The van der Waals surface area contributed by atoms with Gasteiger partial charge in [-0.2, -0.15) is 0 Å². The Morgan fingerprint density at radius 2 is 2.12 bits per heavy atom. The molecule has 0 saturated carbocycles. The van der Waals surface area contributed by atoms with Crippen molar-refractivity contribution < 1.29 is 22.7 Å². The third-order valence-electron chi connectivity index (χ3n) is 4.23. The van der Waals surface area contributed by atoms with E-state index in [0.29, 0.717) is 17.7 Å². The summed E-state index contributed by atoms with van der Waals surface area (Å²) in [7, 11) is -3.58. The summed E-state index contributed by atoms with van der Waals surface area (Å²) < 4.78 is 38.4. The van der Waals surface area contributed by atoms with Gasteiger partial charge < -0.3 is 14.8 Å². The number of fused-ring (bicyclic) bond motifs is 1. The molecule has 1 unspecified atom stereocenters. The SMILES string of the molecule is CCOC(=O)C1Cc2cc(S(=O)(=O)NC3CCNCC3)ccc2O1. The largest absolute Gasteiger partial charge is 0.478 e. The van der Waals surface area contributed by atoms with Gasteiger partial charge in [0.1, 0.15) is 5.75 Å². The molecule has 7 nitrogen and oxygen atoms in total. The molecule has 1 aromatic rings. The van der Waals surface area contributed by atoms with E-state index in [0.717, 1.165) is 25.9 Å². The van der Waals surface area contributed by atoms with E-state index in [1.165, 1.54) is 6.07 Å². The summed E-state index contributed by atoms with van der Waals surface area (Å²) in [5, 5.41) is 3.20. The van der Waals surface area contributed by atoms with Crippen LogP contribution in [-0.4, -0.2) is 46.2 Å². The molecule has 0 amide bonds. The molecule has 1 atom stereocenters. The number of rotatable bonds is 5. The molecule has 0 aliphatic carbocycles. The van der Waals surface area contributed by atoms with E-state index in [2.05, 4.69) is 10.0 Å². The van der Waals surface area contributed by atoms with E-state index in [1.54, 1.807) is 19.1 Å². The summed E-state index contributed by atoms with van der Waals surface area (Å²) in [5.41, 5.74) is 0.709. The number of ether oxygens (including phenoxy) is 2. The number of benzene rings is 1. The topological polar surface area (TPSA) is 93.7 Å². The lowest BCUT2D eigenvalue weighted by Crippen LogP contribution is -2.42. The van der Waals surface area contributed by atoms with E-state index in [4.69, 9.17) is 9.47 Å². The first kappa shape index (κ1) is 17.2. The number of nitrogens with one attached hydrogen (secondary N) is 2. The average molecular weight is 354 g/mol. The van der Waals surface area contributed by atoms with Crippen molar-refractivity contribution in [1.29, 1.82) is 0 Å². The Kier molecular flexibility index (Phi) is 5.07. The molecule has 1 saturated heterocycles. The molecule has 2 heterocycles. The lowest BCUT2D eigenvalue weighted by Gasteiger charge is -2.23. The Labute approximate surface area is 141 Å². The van der Waals surface area contributed by atoms with Crippen LogP contribution in [0.25, 0.3) is 0 Å². The Bertz CT molecular complexity index is 713. The fourth-order valence-electron chi connectivity index (χ4n) is 2.99. The minimum atomic E-state index is -3.58. The standard InChI is InChI=1S/C16H22N2O5S/c1-2-22-16(19)15-10-11-9-13(3-4-14(11)23-15)24(20,21)18-12-5-7-17-8-6-12/h3-4,9,12,15,17-18H,2,5-8,10H2,1H3. The molecule has 132 valence electrons. The summed E-state index contributed by atoms with van der Waals surface area (Å²) in [5.74, 6) is 0.111. The highest BCUT2D eigenvalue weighted by Gasteiger charge is 2.31. The minimum absolute atomic E-state index is 0.0481. The van der Waals surface area contributed by atoms with Crippen molar-refractivity contribution in [3.05, 3.63) is 23.8 Å². The summed E-state index contributed by atoms with van der Waals surface area (Å²) in [6.07, 6.45) is 1.18. The van der Waals surface area contributed by atoms with Gasteiger partial charge >= 0.3 is 5.97 Å². The normalized spacial score (nSPS) is 21.1. The van der Waals surface area contributed by atoms with E-state index in [-0.39, 0.29) is 17.5 Å². The number of hydrogen-bond acceptors (Lipinski definition) is 6. The van der Waals surface area contributed by atoms with E-state index < -0.39 is 22.1 Å². The van der Waals surface area contributed by atoms with Crippen molar-refractivity contribution >= 4 is 16.0 Å². The summed E-state index contributed by atoms with van der Waals surface area (Å²) in [6.45, 7) is 3.64. The van der Waals surface area contributed by atoms with Gasteiger partial charge in [-0.1, -0.05) is 0 Å². The predicted molar refractivity (Wildman–Crippen MR) is 87.4 cm³/mol. The molecule has 0 aromatic heterocycles. The molecule has 0 radical (unpaired) electrons. The fourth-order valence-corrected chi connectivity index (χ4v) is 4.34. The van der Waals surface area contributed by atoms with Crippen LogP contribution in [0.5, 0.6) is 5.75 Å². The molecule has 0 spiro atoms. The molecule has 0 bridgehead atoms. The zero-order valence-corrected chi connectivity index (χ0v) is 14.4. The van der Waals surface area contributed by atoms with Crippen LogP contribution in [0.2, 0.25) is 0 Å². The third-order valence-corrected chi connectivity index (χ3v) is 5.75. The lowest BCUT2D eigenvalue weighted by atomic mass is 10.1. The molecule has 2 aliphatic rings. The first-order chi connectivity index (χ1) is 11.5. The van der Waals surface area contributed by atoms with Crippen molar-refractivity contribution in [1.82, 2.24) is 10.0 Å². The quantitative estimate of drug-likeness (QED) is 0.752. The van der Waals surface area contributed by atoms with Crippen LogP contribution < -0.4 is 14.8 Å². The number of esters is 1. The number of carbonyl (C=O) groups excluding carboxylic acids is 1. The summed E-state index contributed by atoms with van der Waals surface area (Å²) in [6, 6.07) is 4.65. The number of sulfonamides is 1. The molecule has 1 aromatic carbocycles. The second-order valence-corrected chi connectivity index (χ2v) is 7.69. The second kappa shape index (κ2) is 7.08. The average Bonchev–Trinajstić information content (AvgIpc) is 2.99. The van der Waals surface area contributed by atoms with Gasteiger partial charge in [-0.3, -0.25) is 0 Å². The molecule has 2 N–H and O–H groups in total. The molecule has 2 aliphatic heterocycles. The number of hydrogen-bond donors (Lipinski definition) is 2. The Hall–Kier alpha value is -1.64. The maximum absolute atomic E-state index is 12.6. The highest BCUT2D eigenvalue weighted by molar-refractivity contribution is 7.89. The zero-order valence-electron chi connectivity index (χ0n) is 13.6. The van der Waals surface area contributed by atoms with Gasteiger partial charge in [0, 0.05) is 12.5 Å². The van der Waals surface area contributed by atoms with Gasteiger partial charge in [-0.15, -0.1) is 0 Å². The number of piperidine rings is 1. The van der Waals surface area contributed by atoms with Crippen molar-refractivity contribution in [2.45, 2.75) is 43.2 Å². The van der Waals surface area contributed by atoms with Crippen LogP contribution in [0, 0.1) is 0 Å². The van der Waals surface area contributed by atoms with Crippen molar-refractivity contribution in [2.24, 2.45) is 0 Å². The van der Waals surface area contributed by atoms with Gasteiger partial charge in [-0.05, 0) is 56.6 Å². The van der Waals surface area contributed by atoms with E-state index >= 15 is 0 Å². The second-order valence-electron chi connectivity index (χ2n) is 5.98. The highest BCUT2D eigenvalue weighted by atomic mass is 32.2. The van der Waals surface area contributed by atoms with Crippen LogP contribution in [0.1, 0.15) is 25.3 Å². The molecule has 1 fully saturated rings. The van der Waals surface area contributed by atoms with Crippen LogP contribution in [0.15, 0.2) is 23.1 Å². The van der Waals surface area contributed by atoms with Gasteiger partial charge in [0.15, 0.2) is 6.10 Å². The van der Waals surface area contributed by atoms with Gasteiger partial charge in [-0.25, -0.2) is 17.9 Å². The minimum Gasteiger partial charge on any atom is -0.478 e. The predicted octanol–water partition coefficient (Wildman–Crippen LogP) is 0.584. The van der Waals surface area contributed by atoms with Crippen LogP contribution in [0.3, 0.4) is 0 Å². The number of carbonyl (C=O) groups is 1. The van der Waals surface area contributed by atoms with E-state index in [9.17, 15) is 13.2 Å². The van der Waals surface area contributed by atoms with Gasteiger partial charge in [0.2, 0.25) is 10.0 Å². The van der Waals surface area contributed by atoms with E-state index in [1.807, 2.05) is 0 Å². The molecule has 8 heteroatoms. The van der Waals surface area contributed by atoms with Gasteiger partial charge in [0.25, 0.3) is 0 Å². The van der Waals surface area contributed by atoms with Gasteiger partial charge in [0.05, 0.1) is 11.5 Å². The smallest absolute Gasteiger partial charge is 0.347 e. The molecular formula is C16H22N2O5S. The zero-order chi connectivity index (χ0) is 17.2. The maximum atomic E-state index is 12.6. The Morgan fingerprint density at radius 3 is 2.83 bits per heavy atom. The first-order valence-corrected chi connectivity index (χ1v) is 9.67. The molecule has 3 rings (SSSR count). The van der Waals surface area contributed by atoms with Crippen LogP contribution in [0.4, 0.5) is 0 Å². The van der Waals surface area contributed by atoms with Crippen molar-refractivity contribution in [2.75, 3.05) is 19.7 Å². The summed E-state index contributed by atoms with van der Waals surface area (Å²) >= 11 is 0. The Balaban J connectivity index is 1.73. The monoisotopic (exact) mass is 354 g/mol. The van der Waals surface area contributed by atoms with Crippen LogP contribution in [-0.2, 0) is 26.0 Å². The Morgan fingerprint density at radius 1 is 1.38 bits per heavy atom.